The fourth-order valence-electron chi connectivity index (χ4n) is 3.27. The predicted molar refractivity (Wildman–Crippen MR) is 89.9 cm³/mol. The molecular weight excluding hydrogens is 288 g/mol. The Morgan fingerprint density at radius 3 is 2.22 bits per heavy atom. The standard InChI is InChI=1S/C20H22O3/c1-20(2)17(18(20)19(21)22)13-23-12-14-8-10-16(11-9-14)15-6-4-3-5-7-15/h3-11,17-18H,12-13H2,1-2H3,(H,21,22). The van der Waals surface area contributed by atoms with E-state index in [9.17, 15) is 4.79 Å². The molecule has 120 valence electrons. The first kappa shape index (κ1) is 15.8. The van der Waals surface area contributed by atoms with Crippen molar-refractivity contribution in [1.29, 1.82) is 0 Å². The Labute approximate surface area is 136 Å². The maximum absolute atomic E-state index is 11.1. The summed E-state index contributed by atoms with van der Waals surface area (Å²) in [6.07, 6.45) is 0. The van der Waals surface area contributed by atoms with E-state index in [0.29, 0.717) is 13.2 Å². The summed E-state index contributed by atoms with van der Waals surface area (Å²) in [6.45, 7) is 5.02. The number of carbonyl (C=O) groups is 1. The molecule has 2 atom stereocenters. The van der Waals surface area contributed by atoms with E-state index in [1.807, 2.05) is 32.0 Å². The Morgan fingerprint density at radius 1 is 1.04 bits per heavy atom. The van der Waals surface area contributed by atoms with Crippen LogP contribution in [-0.4, -0.2) is 17.7 Å². The summed E-state index contributed by atoms with van der Waals surface area (Å²) in [5, 5.41) is 9.16. The normalized spacial score (nSPS) is 21.8. The van der Waals surface area contributed by atoms with Gasteiger partial charge in [0.05, 0.1) is 19.1 Å². The van der Waals surface area contributed by atoms with Gasteiger partial charge < -0.3 is 9.84 Å². The van der Waals surface area contributed by atoms with Crippen molar-refractivity contribution in [2.75, 3.05) is 6.61 Å². The fraction of sp³-hybridized carbons (Fsp3) is 0.350. The van der Waals surface area contributed by atoms with E-state index in [4.69, 9.17) is 9.84 Å². The molecule has 2 aromatic rings. The molecule has 2 unspecified atom stereocenters. The first-order chi connectivity index (χ1) is 11.0. The Bertz CT molecular complexity index is 674. The zero-order valence-electron chi connectivity index (χ0n) is 13.5. The first-order valence-corrected chi connectivity index (χ1v) is 7.95. The average molecular weight is 310 g/mol. The monoisotopic (exact) mass is 310 g/mol. The van der Waals surface area contributed by atoms with Gasteiger partial charge in [-0.25, -0.2) is 0 Å². The van der Waals surface area contributed by atoms with Crippen molar-refractivity contribution in [1.82, 2.24) is 0 Å². The molecule has 0 aliphatic heterocycles. The number of benzene rings is 2. The quantitative estimate of drug-likeness (QED) is 0.868. The largest absolute Gasteiger partial charge is 0.481 e. The molecule has 3 nitrogen and oxygen atoms in total. The molecule has 1 N–H and O–H groups in total. The van der Waals surface area contributed by atoms with Crippen LogP contribution in [0.25, 0.3) is 11.1 Å². The molecule has 3 rings (SSSR count). The Morgan fingerprint density at radius 2 is 1.65 bits per heavy atom. The van der Waals surface area contributed by atoms with E-state index >= 15 is 0 Å². The van der Waals surface area contributed by atoms with Crippen molar-refractivity contribution in [3.8, 4) is 11.1 Å². The number of rotatable bonds is 6. The van der Waals surface area contributed by atoms with E-state index in [2.05, 4.69) is 36.4 Å². The number of carboxylic acids is 1. The lowest BCUT2D eigenvalue weighted by atomic mass is 10.0. The van der Waals surface area contributed by atoms with Gasteiger partial charge in [-0.2, -0.15) is 0 Å². The van der Waals surface area contributed by atoms with Crippen molar-refractivity contribution >= 4 is 5.97 Å². The fourth-order valence-corrected chi connectivity index (χ4v) is 3.27. The Hall–Kier alpha value is -2.13. The van der Waals surface area contributed by atoms with Crippen LogP contribution in [0.2, 0.25) is 0 Å². The minimum atomic E-state index is -0.712. The number of hydrogen-bond acceptors (Lipinski definition) is 2. The topological polar surface area (TPSA) is 46.5 Å². The molecular formula is C20H22O3. The van der Waals surface area contributed by atoms with Crippen molar-refractivity contribution in [2.24, 2.45) is 17.3 Å². The number of aliphatic carboxylic acids is 1. The van der Waals surface area contributed by atoms with Crippen molar-refractivity contribution < 1.29 is 14.6 Å². The van der Waals surface area contributed by atoms with Gasteiger partial charge in [0.1, 0.15) is 0 Å². The van der Waals surface area contributed by atoms with Crippen LogP contribution in [0.15, 0.2) is 54.6 Å². The summed E-state index contributed by atoms with van der Waals surface area (Å²) in [7, 11) is 0. The second kappa shape index (κ2) is 6.17. The highest BCUT2D eigenvalue weighted by atomic mass is 16.5. The van der Waals surface area contributed by atoms with E-state index < -0.39 is 5.97 Å². The van der Waals surface area contributed by atoms with Crippen molar-refractivity contribution in [2.45, 2.75) is 20.5 Å². The van der Waals surface area contributed by atoms with Gasteiger partial charge in [0, 0.05) is 5.92 Å². The van der Waals surface area contributed by atoms with Gasteiger partial charge in [-0.15, -0.1) is 0 Å². The molecule has 0 spiro atoms. The molecule has 0 amide bonds. The van der Waals surface area contributed by atoms with Crippen LogP contribution in [0, 0.1) is 17.3 Å². The minimum Gasteiger partial charge on any atom is -0.481 e. The first-order valence-electron chi connectivity index (χ1n) is 7.95. The van der Waals surface area contributed by atoms with E-state index in [1.54, 1.807) is 0 Å². The molecule has 23 heavy (non-hydrogen) atoms. The second-order valence-electron chi connectivity index (χ2n) is 6.82. The van der Waals surface area contributed by atoms with Crippen LogP contribution < -0.4 is 0 Å². The summed E-state index contributed by atoms with van der Waals surface area (Å²) in [6, 6.07) is 18.6. The number of carboxylic acid groups (broad SMARTS) is 1. The molecule has 1 fully saturated rings. The SMILES string of the molecule is CC1(C)C(COCc2ccc(-c3ccccc3)cc2)C1C(=O)O. The highest BCUT2D eigenvalue weighted by Crippen LogP contribution is 2.58. The molecule has 0 saturated heterocycles. The second-order valence-corrected chi connectivity index (χ2v) is 6.82. The predicted octanol–water partition coefficient (Wildman–Crippen LogP) is 4.23. The molecule has 0 bridgehead atoms. The summed E-state index contributed by atoms with van der Waals surface area (Å²) in [5.74, 6) is -0.873. The van der Waals surface area contributed by atoms with Crippen LogP contribution in [-0.2, 0) is 16.1 Å². The maximum atomic E-state index is 11.1. The average Bonchev–Trinajstić information content (AvgIpc) is 3.10. The van der Waals surface area contributed by atoms with Gasteiger partial charge in [0.25, 0.3) is 0 Å². The van der Waals surface area contributed by atoms with Gasteiger partial charge in [0.2, 0.25) is 0 Å². The van der Waals surface area contributed by atoms with Crippen LogP contribution in [0.5, 0.6) is 0 Å². The summed E-state index contributed by atoms with van der Waals surface area (Å²) in [5.41, 5.74) is 3.34. The van der Waals surface area contributed by atoms with Crippen molar-refractivity contribution in [3.05, 3.63) is 60.2 Å². The highest BCUT2D eigenvalue weighted by molar-refractivity contribution is 5.75. The Kier molecular flexibility index (Phi) is 4.22. The molecule has 1 aliphatic carbocycles. The van der Waals surface area contributed by atoms with E-state index in [-0.39, 0.29) is 17.3 Å². The van der Waals surface area contributed by atoms with E-state index in [0.717, 1.165) is 5.56 Å². The molecule has 1 saturated carbocycles. The smallest absolute Gasteiger partial charge is 0.307 e. The third kappa shape index (κ3) is 3.30. The number of ether oxygens (including phenoxy) is 1. The maximum Gasteiger partial charge on any atom is 0.307 e. The lowest BCUT2D eigenvalue weighted by molar-refractivity contribution is -0.139. The van der Waals surface area contributed by atoms with Gasteiger partial charge in [-0.1, -0.05) is 68.4 Å². The highest BCUT2D eigenvalue weighted by Gasteiger charge is 2.61. The Balaban J connectivity index is 1.53. The molecule has 0 heterocycles. The van der Waals surface area contributed by atoms with Gasteiger partial charge >= 0.3 is 5.97 Å². The van der Waals surface area contributed by atoms with Crippen LogP contribution >= 0.6 is 0 Å². The minimum absolute atomic E-state index is 0.114. The van der Waals surface area contributed by atoms with Gasteiger partial charge in [0.15, 0.2) is 0 Å². The van der Waals surface area contributed by atoms with E-state index in [1.165, 1.54) is 11.1 Å². The molecule has 0 radical (unpaired) electrons. The zero-order chi connectivity index (χ0) is 16.4. The summed E-state index contributed by atoms with van der Waals surface area (Å²) >= 11 is 0. The molecule has 3 heteroatoms. The van der Waals surface area contributed by atoms with Gasteiger partial charge in [-0.3, -0.25) is 4.79 Å². The van der Waals surface area contributed by atoms with Gasteiger partial charge in [-0.05, 0) is 22.1 Å². The molecule has 2 aromatic carbocycles. The molecule has 1 aliphatic rings. The molecule has 0 aromatic heterocycles. The number of hydrogen-bond donors (Lipinski definition) is 1. The summed E-state index contributed by atoms with van der Waals surface area (Å²) in [4.78, 5) is 11.1. The summed E-state index contributed by atoms with van der Waals surface area (Å²) < 4.78 is 5.74. The van der Waals surface area contributed by atoms with Crippen LogP contribution in [0.1, 0.15) is 19.4 Å². The lowest BCUT2D eigenvalue weighted by Crippen LogP contribution is -2.04. The third-order valence-electron chi connectivity index (χ3n) is 4.94. The van der Waals surface area contributed by atoms with Crippen molar-refractivity contribution in [3.63, 3.8) is 0 Å². The lowest BCUT2D eigenvalue weighted by Gasteiger charge is -2.07. The third-order valence-corrected chi connectivity index (χ3v) is 4.94. The van der Waals surface area contributed by atoms with Crippen LogP contribution in [0.4, 0.5) is 0 Å². The van der Waals surface area contributed by atoms with Crippen LogP contribution in [0.3, 0.4) is 0 Å². The zero-order valence-corrected chi connectivity index (χ0v) is 13.5.